The molecule has 0 aromatic heterocycles. The molecule has 2 nitrogen and oxygen atoms in total. The zero-order valence-electron chi connectivity index (χ0n) is 18.2. The molecule has 0 aromatic carbocycles. The summed E-state index contributed by atoms with van der Waals surface area (Å²) in [6.07, 6.45) is 3.36. The van der Waals surface area contributed by atoms with Crippen molar-refractivity contribution in [3.8, 4) is 0 Å². The summed E-state index contributed by atoms with van der Waals surface area (Å²) in [4.78, 5) is 8.66. The van der Waals surface area contributed by atoms with E-state index in [0.29, 0.717) is 5.92 Å². The molecule has 0 aromatic rings. The Balaban J connectivity index is -0.0000000356. The molecule has 1 unspecified atom stereocenters. The second kappa shape index (κ2) is 29.9. The summed E-state index contributed by atoms with van der Waals surface area (Å²) in [6, 6.07) is 0. The molecule has 0 saturated heterocycles. The Labute approximate surface area is 185 Å². The van der Waals surface area contributed by atoms with Crippen LogP contribution in [0.2, 0.25) is 32.7 Å². The molecular formula is C17H42Cl2O2Si3Ti-3. The van der Waals surface area contributed by atoms with Crippen molar-refractivity contribution in [2.45, 2.75) is 67.4 Å². The van der Waals surface area contributed by atoms with Gasteiger partial charge < -0.3 is 19.1 Å². The molecule has 0 fully saturated rings. The predicted octanol–water partition coefficient (Wildman–Crippen LogP) is 5.15. The topological polar surface area (TPSA) is 37.3 Å². The van der Waals surface area contributed by atoms with Gasteiger partial charge in [0.1, 0.15) is 0 Å². The van der Waals surface area contributed by atoms with Crippen LogP contribution in [0, 0.1) is 26.3 Å². The maximum absolute atomic E-state index is 9.07. The molecule has 1 radical (unpaired) electrons. The van der Waals surface area contributed by atoms with E-state index in [9.17, 15) is 0 Å². The van der Waals surface area contributed by atoms with Crippen LogP contribution in [-0.4, -0.2) is 30.3 Å². The molecule has 8 heteroatoms. The molecule has 1 atom stereocenters. The van der Waals surface area contributed by atoms with Gasteiger partial charge in [-0.25, -0.2) is 5.57 Å². The molecule has 1 aliphatic carbocycles. The van der Waals surface area contributed by atoms with Crippen molar-refractivity contribution in [3.05, 3.63) is 37.1 Å². The number of hydrogen-bond acceptors (Lipinski definition) is 2. The first-order chi connectivity index (χ1) is 9.95. The average Bonchev–Trinajstić information content (AvgIpc) is 2.59. The van der Waals surface area contributed by atoms with Gasteiger partial charge in [0, 0.05) is 9.52 Å². The molecule has 0 bridgehead atoms. The number of halogens is 2. The molecule has 25 heavy (non-hydrogen) atoms. The Kier molecular flexibility index (Phi) is 54.0. The summed E-state index contributed by atoms with van der Waals surface area (Å²) >= 11 is -0.722. The molecule has 1 N–H and O–H groups in total. The van der Waals surface area contributed by atoms with E-state index in [0.717, 1.165) is 9.52 Å². The number of hydrogen-bond donors (Lipinski definition) is 1. The van der Waals surface area contributed by atoms with Gasteiger partial charge in [-0.1, -0.05) is 39.8 Å². The molecule has 1 rings (SSSR count). The fourth-order valence-electron chi connectivity index (χ4n) is 1.16. The van der Waals surface area contributed by atoms with E-state index in [1.54, 1.807) is 14.6 Å². The van der Waals surface area contributed by atoms with Crippen molar-refractivity contribution < 1.29 is 26.0 Å². The standard InChI is InChI=1S/C9H13.C3H10OSi.C2H7Si.C2H5.CH3.2ClH.O.H2Si.Ti/c1-6-5-7(2)9(4)8(6)3;1-5(2,3)4;1-3-2;1-2;;;;;;/h6H,1-4H3;4H,1-3H3;3H,1-2H3;1H2,2H3;1H3;2*1H;;1H2;/q-1;;;2*-1;;;;;. The summed E-state index contributed by atoms with van der Waals surface area (Å²) in [5.41, 5.74) is 4.25. The quantitative estimate of drug-likeness (QED) is 0.384. The SMILES string of the molecule is CC1=[C-]C(C)C(C)=C1C.C[SiH]C.C[Si](C)(C)O.Cl.Cl.[CH2-]C.[CH3-].[O]=[Ti]=[SiH2]. The van der Waals surface area contributed by atoms with Gasteiger partial charge in [0.2, 0.25) is 0 Å². The zero-order valence-corrected chi connectivity index (χ0v) is 25.0. The van der Waals surface area contributed by atoms with Crippen molar-refractivity contribution in [3.63, 3.8) is 0 Å². The second-order valence-electron chi connectivity index (χ2n) is 5.69. The zero-order chi connectivity index (χ0) is 18.9. The van der Waals surface area contributed by atoms with Crippen LogP contribution in [-0.2, 0) is 21.2 Å². The summed E-state index contributed by atoms with van der Waals surface area (Å²) in [5, 5.41) is 0. The Morgan fingerprint density at radius 1 is 1.16 bits per heavy atom. The molecule has 0 heterocycles. The first-order valence-electron chi connectivity index (χ1n) is 7.55. The van der Waals surface area contributed by atoms with E-state index >= 15 is 0 Å². The molecule has 0 amide bonds. The number of allylic oxidation sites excluding steroid dienone is 4. The Morgan fingerprint density at radius 2 is 1.36 bits per heavy atom. The fraction of sp³-hybridized carbons (Fsp3) is 0.647. The van der Waals surface area contributed by atoms with Crippen LogP contribution in [0.3, 0.4) is 0 Å². The third kappa shape index (κ3) is 45.8. The van der Waals surface area contributed by atoms with Crippen molar-refractivity contribution in [2.24, 2.45) is 5.92 Å². The minimum atomic E-state index is -1.61. The van der Waals surface area contributed by atoms with Gasteiger partial charge in [0.25, 0.3) is 0 Å². The fourth-order valence-corrected chi connectivity index (χ4v) is 1.16. The Bertz CT molecular complexity index is 357. The van der Waals surface area contributed by atoms with E-state index < -0.39 is 26.2 Å². The summed E-state index contributed by atoms with van der Waals surface area (Å²) in [7, 11) is 0.682. The van der Waals surface area contributed by atoms with Gasteiger partial charge in [0.15, 0.2) is 8.32 Å². The molecule has 0 saturated carbocycles. The minimum absolute atomic E-state index is 0. The summed E-state index contributed by atoms with van der Waals surface area (Å²) in [5.74, 6) is 0.560. The van der Waals surface area contributed by atoms with Crippen LogP contribution in [0.1, 0.15) is 34.6 Å². The molecule has 1 aliphatic rings. The van der Waals surface area contributed by atoms with Gasteiger partial charge >= 0.3 is 28.8 Å². The van der Waals surface area contributed by atoms with Crippen LogP contribution >= 0.6 is 24.8 Å². The Morgan fingerprint density at radius 3 is 1.40 bits per heavy atom. The molecule has 0 spiro atoms. The molecular weight excluding hydrogens is 439 g/mol. The second-order valence-corrected chi connectivity index (χ2v) is 12.8. The van der Waals surface area contributed by atoms with Gasteiger partial charge in [-0.15, -0.1) is 31.7 Å². The van der Waals surface area contributed by atoms with Crippen molar-refractivity contribution in [2.75, 3.05) is 0 Å². The van der Waals surface area contributed by atoms with E-state index in [1.807, 2.05) is 19.6 Å². The van der Waals surface area contributed by atoms with Gasteiger partial charge in [0.05, 0.1) is 0 Å². The van der Waals surface area contributed by atoms with Crippen LogP contribution in [0.15, 0.2) is 16.7 Å². The van der Waals surface area contributed by atoms with E-state index in [2.05, 4.69) is 53.8 Å². The Hall–Kier alpha value is 1.18. The maximum atomic E-state index is 9.07. The van der Waals surface area contributed by atoms with Crippen molar-refractivity contribution in [1.82, 2.24) is 0 Å². The summed E-state index contributed by atoms with van der Waals surface area (Å²) in [6.45, 7) is 23.7. The normalized spacial score (nSPS) is 13.4. The van der Waals surface area contributed by atoms with E-state index in [4.69, 9.17) is 8.12 Å². The van der Waals surface area contributed by atoms with E-state index in [-0.39, 0.29) is 32.2 Å². The van der Waals surface area contributed by atoms with Gasteiger partial charge in [-0.2, -0.15) is 18.1 Å². The first-order valence-corrected chi connectivity index (χ1v) is 18.0. The van der Waals surface area contributed by atoms with Crippen LogP contribution in [0.4, 0.5) is 0 Å². The molecule has 155 valence electrons. The summed E-state index contributed by atoms with van der Waals surface area (Å²) < 4.78 is 9.07. The van der Waals surface area contributed by atoms with Gasteiger partial charge in [-0.3, -0.25) is 6.08 Å². The first kappa shape index (κ1) is 45.1. The monoisotopic (exact) mass is 480 g/mol. The third-order valence-electron chi connectivity index (χ3n) is 2.24. The molecule has 0 aliphatic heterocycles. The van der Waals surface area contributed by atoms with Gasteiger partial charge in [-0.05, 0) is 19.6 Å². The van der Waals surface area contributed by atoms with Crippen LogP contribution in [0.5, 0.6) is 0 Å². The van der Waals surface area contributed by atoms with Crippen molar-refractivity contribution in [1.29, 1.82) is 0 Å². The van der Waals surface area contributed by atoms with Crippen molar-refractivity contribution >= 4 is 50.3 Å². The van der Waals surface area contributed by atoms with E-state index in [1.165, 1.54) is 16.7 Å². The average molecular weight is 482 g/mol. The van der Waals surface area contributed by atoms with Crippen LogP contribution < -0.4 is 0 Å². The predicted molar refractivity (Wildman–Crippen MR) is 126 cm³/mol. The number of rotatable bonds is 0. The third-order valence-corrected chi connectivity index (χ3v) is 2.24. The van der Waals surface area contributed by atoms with Crippen LogP contribution in [0.25, 0.3) is 0 Å².